The average Bonchev–Trinajstić information content (AvgIpc) is 2.64. The Hall–Kier alpha value is -3.34. The number of anilines is 3. The molecule has 1 heterocycles. The second-order valence-corrected chi connectivity index (χ2v) is 6.07. The van der Waals surface area contributed by atoms with Crippen molar-refractivity contribution >= 4 is 23.0 Å². The van der Waals surface area contributed by atoms with Crippen molar-refractivity contribution in [2.24, 2.45) is 0 Å². The van der Waals surface area contributed by atoms with Crippen molar-refractivity contribution < 1.29 is 9.53 Å². The maximum Gasteiger partial charge on any atom is 0.274 e. The number of pyridine rings is 1. The predicted octanol–water partition coefficient (Wildman–Crippen LogP) is 4.86. The topological polar surface area (TPSA) is 63.2 Å². The molecule has 0 unspecified atom stereocenters. The minimum absolute atomic E-state index is 0.139. The van der Waals surface area contributed by atoms with Gasteiger partial charge in [-0.25, -0.2) is 0 Å². The van der Waals surface area contributed by atoms with Gasteiger partial charge in [0.1, 0.15) is 11.4 Å². The minimum atomic E-state index is -0.250. The molecule has 1 aromatic heterocycles. The fourth-order valence-electron chi connectivity index (χ4n) is 2.40. The van der Waals surface area contributed by atoms with Crippen molar-refractivity contribution in [3.8, 4) is 5.75 Å². The lowest BCUT2D eigenvalue weighted by Crippen LogP contribution is -2.13. The molecule has 0 saturated carbocycles. The van der Waals surface area contributed by atoms with Gasteiger partial charge < -0.3 is 15.4 Å². The number of rotatable bonds is 6. The van der Waals surface area contributed by atoms with Gasteiger partial charge in [0.05, 0.1) is 6.10 Å². The molecule has 0 saturated heterocycles. The summed E-state index contributed by atoms with van der Waals surface area (Å²) in [5, 5.41) is 6.10. The second-order valence-electron chi connectivity index (χ2n) is 6.07. The van der Waals surface area contributed by atoms with Crippen LogP contribution in [0.5, 0.6) is 5.75 Å². The largest absolute Gasteiger partial charge is 0.491 e. The molecule has 3 aromatic rings. The molecule has 132 valence electrons. The first kappa shape index (κ1) is 17.5. The van der Waals surface area contributed by atoms with Crippen LogP contribution < -0.4 is 15.4 Å². The first-order valence-corrected chi connectivity index (χ1v) is 8.46. The molecule has 2 N–H and O–H groups in total. The second kappa shape index (κ2) is 8.16. The smallest absolute Gasteiger partial charge is 0.274 e. The van der Waals surface area contributed by atoms with Crippen LogP contribution in [0.2, 0.25) is 0 Å². The Kier molecular flexibility index (Phi) is 5.49. The summed E-state index contributed by atoms with van der Waals surface area (Å²) in [7, 11) is 0. The Morgan fingerprint density at radius 1 is 0.923 bits per heavy atom. The highest BCUT2D eigenvalue weighted by Crippen LogP contribution is 2.21. The maximum atomic E-state index is 12.3. The van der Waals surface area contributed by atoms with Gasteiger partial charge in [0.25, 0.3) is 5.91 Å². The Balaban J connectivity index is 1.68. The number of para-hydroxylation sites is 1. The van der Waals surface area contributed by atoms with E-state index in [4.69, 9.17) is 4.74 Å². The zero-order chi connectivity index (χ0) is 18.4. The molecule has 0 aliphatic heterocycles. The Bertz CT molecular complexity index is 862. The Morgan fingerprint density at radius 3 is 2.35 bits per heavy atom. The molecule has 5 heteroatoms. The van der Waals surface area contributed by atoms with Crippen LogP contribution >= 0.6 is 0 Å². The average molecular weight is 347 g/mol. The number of carbonyl (C=O) groups excluding carboxylic acids is 1. The number of aromatic nitrogens is 1. The molecule has 3 rings (SSSR count). The van der Waals surface area contributed by atoms with E-state index in [0.29, 0.717) is 5.69 Å². The summed E-state index contributed by atoms with van der Waals surface area (Å²) in [6.45, 7) is 3.98. The zero-order valence-corrected chi connectivity index (χ0v) is 14.8. The monoisotopic (exact) mass is 347 g/mol. The number of benzene rings is 2. The van der Waals surface area contributed by atoms with Crippen LogP contribution in [-0.2, 0) is 0 Å². The number of carbonyl (C=O) groups is 1. The maximum absolute atomic E-state index is 12.3. The molecule has 0 spiro atoms. The van der Waals surface area contributed by atoms with E-state index >= 15 is 0 Å². The third-order valence-corrected chi connectivity index (χ3v) is 3.54. The molecular formula is C21H21N3O2. The molecule has 0 atom stereocenters. The molecule has 0 aliphatic rings. The normalized spacial score (nSPS) is 10.4. The number of hydrogen-bond acceptors (Lipinski definition) is 4. The van der Waals surface area contributed by atoms with Crippen LogP contribution in [0.15, 0.2) is 72.9 Å². The van der Waals surface area contributed by atoms with Gasteiger partial charge in [-0.3, -0.25) is 9.78 Å². The van der Waals surface area contributed by atoms with E-state index in [1.54, 1.807) is 12.3 Å². The lowest BCUT2D eigenvalue weighted by molar-refractivity contribution is 0.102. The fraction of sp³-hybridized carbons (Fsp3) is 0.143. The summed E-state index contributed by atoms with van der Waals surface area (Å²) < 4.78 is 5.64. The van der Waals surface area contributed by atoms with Crippen LogP contribution in [0.4, 0.5) is 17.1 Å². The number of hydrogen-bond donors (Lipinski definition) is 2. The zero-order valence-electron chi connectivity index (χ0n) is 14.8. The number of nitrogens with zero attached hydrogens (tertiary/aromatic N) is 1. The molecule has 2 aromatic carbocycles. The van der Waals surface area contributed by atoms with Crippen LogP contribution in [0, 0.1) is 0 Å². The van der Waals surface area contributed by atoms with Crippen molar-refractivity contribution in [2.75, 3.05) is 10.6 Å². The number of ether oxygens (including phenoxy) is 1. The molecule has 0 radical (unpaired) electrons. The van der Waals surface area contributed by atoms with Gasteiger partial charge in [-0.05, 0) is 62.4 Å². The Labute approximate surface area is 153 Å². The molecule has 0 fully saturated rings. The fourth-order valence-corrected chi connectivity index (χ4v) is 2.40. The highest BCUT2D eigenvalue weighted by molar-refractivity contribution is 6.03. The summed E-state index contributed by atoms with van der Waals surface area (Å²) >= 11 is 0. The predicted molar refractivity (Wildman–Crippen MR) is 104 cm³/mol. The third-order valence-electron chi connectivity index (χ3n) is 3.54. The van der Waals surface area contributed by atoms with Gasteiger partial charge in [-0.1, -0.05) is 18.2 Å². The Morgan fingerprint density at radius 2 is 1.65 bits per heavy atom. The summed E-state index contributed by atoms with van der Waals surface area (Å²) in [4.78, 5) is 16.5. The van der Waals surface area contributed by atoms with Crippen molar-refractivity contribution in [3.63, 3.8) is 0 Å². The molecule has 5 nitrogen and oxygen atoms in total. The van der Waals surface area contributed by atoms with E-state index in [-0.39, 0.29) is 12.0 Å². The van der Waals surface area contributed by atoms with Crippen molar-refractivity contribution in [3.05, 3.63) is 78.6 Å². The van der Waals surface area contributed by atoms with Crippen LogP contribution in [-0.4, -0.2) is 17.0 Å². The molecular weight excluding hydrogens is 326 g/mol. The van der Waals surface area contributed by atoms with Crippen molar-refractivity contribution in [1.82, 2.24) is 4.98 Å². The summed E-state index contributed by atoms with van der Waals surface area (Å²) in [5.74, 6) is 0.573. The molecule has 0 bridgehead atoms. The molecule has 1 amide bonds. The van der Waals surface area contributed by atoms with E-state index < -0.39 is 0 Å². The number of nitrogens with one attached hydrogen (secondary N) is 2. The van der Waals surface area contributed by atoms with E-state index in [1.165, 1.54) is 0 Å². The lowest BCUT2D eigenvalue weighted by Gasteiger charge is -2.11. The van der Waals surface area contributed by atoms with Gasteiger partial charge in [0.15, 0.2) is 0 Å². The standard InChI is InChI=1S/C21H21N3O2/c1-15(2)26-19-10-8-17(9-11-19)23-18-12-13-22-20(14-18)21(25)24-16-6-4-3-5-7-16/h3-15H,1-2H3,(H,22,23)(H,24,25). The SMILES string of the molecule is CC(C)Oc1ccc(Nc2ccnc(C(=O)Nc3ccccc3)c2)cc1. The summed E-state index contributed by atoms with van der Waals surface area (Å²) in [6, 6.07) is 20.5. The highest BCUT2D eigenvalue weighted by Gasteiger charge is 2.08. The quantitative estimate of drug-likeness (QED) is 0.668. The first-order chi connectivity index (χ1) is 12.6. The summed E-state index contributed by atoms with van der Waals surface area (Å²) in [5.41, 5.74) is 2.77. The van der Waals surface area contributed by atoms with Crippen molar-refractivity contribution in [1.29, 1.82) is 0 Å². The van der Waals surface area contributed by atoms with Crippen LogP contribution in [0.25, 0.3) is 0 Å². The summed E-state index contributed by atoms with van der Waals surface area (Å²) in [6.07, 6.45) is 1.75. The van der Waals surface area contributed by atoms with Crippen LogP contribution in [0.3, 0.4) is 0 Å². The minimum Gasteiger partial charge on any atom is -0.491 e. The van der Waals surface area contributed by atoms with Gasteiger partial charge in [-0.2, -0.15) is 0 Å². The molecule has 0 aliphatic carbocycles. The van der Waals surface area contributed by atoms with Gasteiger partial charge in [0.2, 0.25) is 0 Å². The van der Waals surface area contributed by atoms with E-state index in [0.717, 1.165) is 22.8 Å². The highest BCUT2D eigenvalue weighted by atomic mass is 16.5. The van der Waals surface area contributed by atoms with Gasteiger partial charge in [0, 0.05) is 23.3 Å². The van der Waals surface area contributed by atoms with Gasteiger partial charge >= 0.3 is 0 Å². The van der Waals surface area contributed by atoms with E-state index in [9.17, 15) is 4.79 Å². The van der Waals surface area contributed by atoms with Crippen LogP contribution in [0.1, 0.15) is 24.3 Å². The third kappa shape index (κ3) is 4.83. The molecule has 26 heavy (non-hydrogen) atoms. The number of amides is 1. The van der Waals surface area contributed by atoms with E-state index in [2.05, 4.69) is 15.6 Å². The lowest BCUT2D eigenvalue weighted by atomic mass is 10.2. The van der Waals surface area contributed by atoms with Crippen molar-refractivity contribution in [2.45, 2.75) is 20.0 Å². The first-order valence-electron chi connectivity index (χ1n) is 8.46. The van der Waals surface area contributed by atoms with E-state index in [1.807, 2.05) is 74.5 Å². The van der Waals surface area contributed by atoms with Gasteiger partial charge in [-0.15, -0.1) is 0 Å².